The minimum atomic E-state index is 0.899. The fourth-order valence-corrected chi connectivity index (χ4v) is 6.92. The van der Waals surface area contributed by atoms with Crippen LogP contribution in [0.2, 0.25) is 0 Å². The standard InChI is InChI=1S/C40H23N3O/c1-2-11-25-23-34-32(21-24(25)10-1)36-29-15-4-3-12-27(29)22-31(40(36)44-34)26-13-9-14-28(20-26)37-39-38(30-16-5-6-17-33(30)41-37)42-35-18-7-8-19-43(35)39/h1-23H. The molecule has 4 aromatic heterocycles. The van der Waals surface area contributed by atoms with Crippen LogP contribution in [-0.2, 0) is 0 Å². The molecular weight excluding hydrogens is 538 g/mol. The van der Waals surface area contributed by atoms with E-state index in [9.17, 15) is 0 Å². The maximum absolute atomic E-state index is 6.74. The highest BCUT2D eigenvalue weighted by Gasteiger charge is 2.20. The first-order valence-corrected chi connectivity index (χ1v) is 14.8. The Labute approximate surface area is 251 Å². The van der Waals surface area contributed by atoms with E-state index in [0.717, 1.165) is 71.9 Å². The molecule has 6 aromatic carbocycles. The zero-order valence-corrected chi connectivity index (χ0v) is 23.5. The number of furan rings is 1. The third kappa shape index (κ3) is 3.28. The van der Waals surface area contributed by atoms with Crippen molar-refractivity contribution in [3.05, 3.63) is 140 Å². The number of pyridine rings is 2. The van der Waals surface area contributed by atoms with Crippen molar-refractivity contribution in [3.8, 4) is 22.4 Å². The maximum atomic E-state index is 6.74. The number of benzene rings is 6. The molecule has 0 saturated carbocycles. The minimum Gasteiger partial charge on any atom is -0.455 e. The molecule has 4 heterocycles. The van der Waals surface area contributed by atoms with Gasteiger partial charge >= 0.3 is 0 Å². The normalized spacial score (nSPS) is 12.1. The molecule has 204 valence electrons. The Bertz CT molecular complexity index is 2790. The second kappa shape index (κ2) is 8.76. The highest BCUT2D eigenvalue weighted by Crippen LogP contribution is 2.43. The van der Waals surface area contributed by atoms with Gasteiger partial charge in [0.2, 0.25) is 0 Å². The molecule has 0 aliphatic heterocycles. The summed E-state index contributed by atoms with van der Waals surface area (Å²) in [7, 11) is 0. The molecule has 4 nitrogen and oxygen atoms in total. The van der Waals surface area contributed by atoms with Crippen LogP contribution in [0.3, 0.4) is 0 Å². The van der Waals surface area contributed by atoms with Crippen LogP contribution in [0.5, 0.6) is 0 Å². The van der Waals surface area contributed by atoms with E-state index in [4.69, 9.17) is 14.4 Å². The molecule has 0 amide bonds. The van der Waals surface area contributed by atoms with Crippen molar-refractivity contribution in [2.75, 3.05) is 0 Å². The summed E-state index contributed by atoms with van der Waals surface area (Å²) in [6.45, 7) is 0. The zero-order chi connectivity index (χ0) is 28.8. The second-order valence-electron chi connectivity index (χ2n) is 11.4. The van der Waals surface area contributed by atoms with Gasteiger partial charge in [-0.1, -0.05) is 91.0 Å². The largest absolute Gasteiger partial charge is 0.455 e. The summed E-state index contributed by atoms with van der Waals surface area (Å²) in [5.74, 6) is 0. The van der Waals surface area contributed by atoms with Crippen LogP contribution in [-0.4, -0.2) is 14.4 Å². The van der Waals surface area contributed by atoms with Crippen molar-refractivity contribution in [1.29, 1.82) is 0 Å². The lowest BCUT2D eigenvalue weighted by Gasteiger charge is -2.11. The second-order valence-corrected chi connectivity index (χ2v) is 11.4. The van der Waals surface area contributed by atoms with Crippen molar-refractivity contribution in [3.63, 3.8) is 0 Å². The van der Waals surface area contributed by atoms with E-state index in [1.165, 1.54) is 21.5 Å². The summed E-state index contributed by atoms with van der Waals surface area (Å²) in [5, 5.41) is 8.10. The first-order chi connectivity index (χ1) is 21.8. The van der Waals surface area contributed by atoms with Gasteiger partial charge in [-0.3, -0.25) is 4.40 Å². The molecule has 4 heteroatoms. The number of aromatic nitrogens is 3. The Hall–Kier alpha value is -6.00. The molecule has 0 unspecified atom stereocenters. The Kier molecular flexibility index (Phi) is 4.69. The Morgan fingerprint density at radius 1 is 0.545 bits per heavy atom. The number of nitrogens with zero attached hydrogens (tertiary/aromatic N) is 3. The summed E-state index contributed by atoms with van der Waals surface area (Å²) >= 11 is 0. The molecule has 0 atom stereocenters. The molecule has 0 fully saturated rings. The van der Waals surface area contributed by atoms with Crippen molar-refractivity contribution in [1.82, 2.24) is 14.4 Å². The highest BCUT2D eigenvalue weighted by atomic mass is 16.3. The molecule has 0 N–H and O–H groups in total. The van der Waals surface area contributed by atoms with Crippen molar-refractivity contribution < 1.29 is 4.42 Å². The molecule has 0 aliphatic rings. The van der Waals surface area contributed by atoms with Gasteiger partial charge in [-0.15, -0.1) is 0 Å². The summed E-state index contributed by atoms with van der Waals surface area (Å²) in [5.41, 5.74) is 9.70. The van der Waals surface area contributed by atoms with E-state index in [1.54, 1.807) is 0 Å². The quantitative estimate of drug-likeness (QED) is 0.211. The van der Waals surface area contributed by atoms with E-state index in [1.807, 2.05) is 24.3 Å². The van der Waals surface area contributed by atoms with Crippen LogP contribution < -0.4 is 0 Å². The van der Waals surface area contributed by atoms with Gasteiger partial charge in [-0.25, -0.2) is 9.97 Å². The average Bonchev–Trinajstić information content (AvgIpc) is 3.66. The summed E-state index contributed by atoms with van der Waals surface area (Å²) in [6, 6.07) is 46.8. The Balaban J connectivity index is 1.28. The van der Waals surface area contributed by atoms with Gasteiger partial charge in [0, 0.05) is 33.5 Å². The number of hydrogen-bond acceptors (Lipinski definition) is 3. The lowest BCUT2D eigenvalue weighted by molar-refractivity contribution is 0.671. The van der Waals surface area contributed by atoms with Crippen LogP contribution in [0.25, 0.3) is 93.5 Å². The molecule has 44 heavy (non-hydrogen) atoms. The summed E-state index contributed by atoms with van der Waals surface area (Å²) in [6.07, 6.45) is 2.07. The Morgan fingerprint density at radius 3 is 2.20 bits per heavy atom. The van der Waals surface area contributed by atoms with E-state index in [0.29, 0.717) is 0 Å². The lowest BCUT2D eigenvalue weighted by atomic mass is 9.94. The van der Waals surface area contributed by atoms with Gasteiger partial charge in [0.15, 0.2) is 0 Å². The third-order valence-corrected chi connectivity index (χ3v) is 8.92. The molecule has 10 aromatic rings. The third-order valence-electron chi connectivity index (χ3n) is 8.92. The van der Waals surface area contributed by atoms with Crippen LogP contribution >= 0.6 is 0 Å². The highest BCUT2D eigenvalue weighted by molar-refractivity contribution is 6.24. The topological polar surface area (TPSA) is 43.3 Å². The van der Waals surface area contributed by atoms with Gasteiger partial charge < -0.3 is 4.42 Å². The predicted molar refractivity (Wildman–Crippen MR) is 181 cm³/mol. The molecule has 0 aliphatic carbocycles. The van der Waals surface area contributed by atoms with E-state index < -0.39 is 0 Å². The van der Waals surface area contributed by atoms with E-state index in [-0.39, 0.29) is 0 Å². The van der Waals surface area contributed by atoms with Crippen molar-refractivity contribution >= 4 is 71.1 Å². The monoisotopic (exact) mass is 561 g/mol. The van der Waals surface area contributed by atoms with Crippen LogP contribution in [0.1, 0.15) is 0 Å². The van der Waals surface area contributed by atoms with Gasteiger partial charge in [0.1, 0.15) is 22.3 Å². The number of para-hydroxylation sites is 1. The number of fused-ring (bicyclic) bond motifs is 11. The number of hydrogen-bond donors (Lipinski definition) is 0. The molecule has 0 bridgehead atoms. The SMILES string of the molecule is c1cc(-c2cc3ccccc3c3c2oc2cc4ccccc4cc23)cc(-c2nc3ccccc3c3nc4ccccn4c23)c1. The van der Waals surface area contributed by atoms with Crippen LogP contribution in [0.15, 0.2) is 144 Å². The average molecular weight is 562 g/mol. The zero-order valence-electron chi connectivity index (χ0n) is 23.5. The van der Waals surface area contributed by atoms with Gasteiger partial charge in [0.05, 0.1) is 16.7 Å². The number of rotatable bonds is 2. The first kappa shape index (κ1) is 23.6. The maximum Gasteiger partial charge on any atom is 0.143 e. The minimum absolute atomic E-state index is 0.899. The van der Waals surface area contributed by atoms with Crippen LogP contribution in [0.4, 0.5) is 0 Å². The smallest absolute Gasteiger partial charge is 0.143 e. The fourth-order valence-electron chi connectivity index (χ4n) is 6.92. The van der Waals surface area contributed by atoms with Crippen molar-refractivity contribution in [2.24, 2.45) is 0 Å². The Morgan fingerprint density at radius 2 is 1.30 bits per heavy atom. The predicted octanol–water partition coefficient (Wildman–Crippen LogP) is 10.6. The van der Waals surface area contributed by atoms with Crippen LogP contribution in [0, 0.1) is 0 Å². The van der Waals surface area contributed by atoms with Crippen molar-refractivity contribution in [2.45, 2.75) is 0 Å². The van der Waals surface area contributed by atoms with Gasteiger partial charge in [-0.2, -0.15) is 0 Å². The van der Waals surface area contributed by atoms with E-state index >= 15 is 0 Å². The van der Waals surface area contributed by atoms with Gasteiger partial charge in [0.25, 0.3) is 0 Å². The molecule has 0 saturated heterocycles. The molecule has 0 spiro atoms. The molecule has 10 rings (SSSR count). The molecular formula is C40H23N3O. The molecule has 0 radical (unpaired) electrons. The fraction of sp³-hybridized carbons (Fsp3) is 0. The first-order valence-electron chi connectivity index (χ1n) is 14.8. The van der Waals surface area contributed by atoms with E-state index in [2.05, 4.69) is 120 Å². The van der Waals surface area contributed by atoms with Gasteiger partial charge in [-0.05, 0) is 69.6 Å². The summed E-state index contributed by atoms with van der Waals surface area (Å²) in [4.78, 5) is 10.3. The summed E-state index contributed by atoms with van der Waals surface area (Å²) < 4.78 is 8.89. The number of imidazole rings is 1. The lowest BCUT2D eigenvalue weighted by Crippen LogP contribution is -1.92.